The number of carbonyl (C=O) groups excluding carboxylic acids is 1. The lowest BCUT2D eigenvalue weighted by Crippen LogP contribution is -2.20. The zero-order valence-electron chi connectivity index (χ0n) is 14.3. The van der Waals surface area contributed by atoms with E-state index in [0.29, 0.717) is 23.4 Å². The van der Waals surface area contributed by atoms with E-state index in [2.05, 4.69) is 10.5 Å². The third kappa shape index (κ3) is 4.41. The number of hydrogen-bond acceptors (Lipinski definition) is 5. The van der Waals surface area contributed by atoms with Gasteiger partial charge in [-0.1, -0.05) is 18.2 Å². The van der Waals surface area contributed by atoms with E-state index >= 15 is 0 Å². The lowest BCUT2D eigenvalue weighted by atomic mass is 10.1. The normalized spacial score (nSPS) is 11.1. The third-order valence-electron chi connectivity index (χ3n) is 3.59. The average molecular weight is 341 g/mol. The van der Waals surface area contributed by atoms with Crippen LogP contribution in [0.5, 0.6) is 5.75 Å². The second-order valence-electron chi connectivity index (χ2n) is 5.33. The van der Waals surface area contributed by atoms with E-state index in [9.17, 15) is 14.9 Å². The van der Waals surface area contributed by atoms with Crippen LogP contribution in [-0.2, 0) is 0 Å². The number of hydrazone groups is 1. The Morgan fingerprint density at radius 1 is 1.28 bits per heavy atom. The molecule has 0 saturated carbocycles. The molecule has 0 aliphatic rings. The second kappa shape index (κ2) is 8.05. The molecule has 25 heavy (non-hydrogen) atoms. The van der Waals surface area contributed by atoms with Crippen molar-refractivity contribution in [3.05, 3.63) is 69.3 Å². The summed E-state index contributed by atoms with van der Waals surface area (Å²) in [5.41, 5.74) is 4.68. The van der Waals surface area contributed by atoms with Crippen molar-refractivity contribution in [2.24, 2.45) is 5.10 Å². The van der Waals surface area contributed by atoms with Gasteiger partial charge in [0.25, 0.3) is 5.91 Å². The Hall–Kier alpha value is -3.22. The first-order chi connectivity index (χ1) is 11.9. The number of nitrogens with one attached hydrogen (secondary N) is 1. The number of benzene rings is 2. The molecule has 0 spiro atoms. The van der Waals surface area contributed by atoms with Gasteiger partial charge in [-0.15, -0.1) is 0 Å². The fourth-order valence-electron chi connectivity index (χ4n) is 2.25. The molecule has 0 unspecified atom stereocenters. The minimum absolute atomic E-state index is 0.140. The number of nitro groups is 1. The highest BCUT2D eigenvalue weighted by Gasteiger charge is 2.17. The Labute approximate surface area is 145 Å². The largest absolute Gasteiger partial charge is 0.487 e. The van der Waals surface area contributed by atoms with Crippen LogP contribution >= 0.6 is 0 Å². The highest BCUT2D eigenvalue weighted by molar-refractivity contribution is 6.01. The van der Waals surface area contributed by atoms with Crippen LogP contribution in [0.1, 0.15) is 35.3 Å². The number of nitrogens with zero attached hydrogens (tertiary/aromatic N) is 2. The van der Waals surface area contributed by atoms with E-state index in [1.807, 2.05) is 19.1 Å². The van der Waals surface area contributed by atoms with Gasteiger partial charge in [0.05, 0.1) is 17.2 Å². The van der Waals surface area contributed by atoms with E-state index in [4.69, 9.17) is 4.74 Å². The molecule has 0 saturated heterocycles. The minimum atomic E-state index is -0.506. The van der Waals surface area contributed by atoms with Gasteiger partial charge in [-0.05, 0) is 44.5 Å². The molecule has 1 amide bonds. The quantitative estimate of drug-likeness (QED) is 0.494. The van der Waals surface area contributed by atoms with Crippen molar-refractivity contribution < 1.29 is 14.5 Å². The van der Waals surface area contributed by atoms with Crippen molar-refractivity contribution in [2.75, 3.05) is 6.61 Å². The van der Waals surface area contributed by atoms with Crippen LogP contribution in [0, 0.1) is 17.0 Å². The summed E-state index contributed by atoms with van der Waals surface area (Å²) in [6.07, 6.45) is 0. The van der Waals surface area contributed by atoms with Crippen LogP contribution in [-0.4, -0.2) is 23.1 Å². The molecule has 0 atom stereocenters. The first-order valence-corrected chi connectivity index (χ1v) is 7.76. The van der Waals surface area contributed by atoms with Crippen molar-refractivity contribution in [2.45, 2.75) is 20.8 Å². The molecule has 130 valence electrons. The van der Waals surface area contributed by atoms with Crippen molar-refractivity contribution in [3.63, 3.8) is 0 Å². The fourth-order valence-corrected chi connectivity index (χ4v) is 2.25. The van der Waals surface area contributed by atoms with Crippen LogP contribution in [0.25, 0.3) is 0 Å². The summed E-state index contributed by atoms with van der Waals surface area (Å²) in [6.45, 7) is 5.59. The van der Waals surface area contributed by atoms with Gasteiger partial charge in [0.1, 0.15) is 0 Å². The molecule has 0 aliphatic carbocycles. The predicted octanol–water partition coefficient (Wildman–Crippen LogP) is 3.46. The van der Waals surface area contributed by atoms with Gasteiger partial charge in [0.2, 0.25) is 0 Å². The number of ether oxygens (including phenoxy) is 1. The second-order valence-corrected chi connectivity index (χ2v) is 5.33. The SMILES string of the molecule is CCOc1ccc(/C(C)=N\NC(=O)c2ccccc2C)cc1[N+](=O)[O-]. The van der Waals surface area contributed by atoms with Crippen molar-refractivity contribution in [3.8, 4) is 5.75 Å². The van der Waals surface area contributed by atoms with Gasteiger partial charge in [-0.25, -0.2) is 5.43 Å². The summed E-state index contributed by atoms with van der Waals surface area (Å²) in [7, 11) is 0. The van der Waals surface area contributed by atoms with Crippen LogP contribution in [0.4, 0.5) is 5.69 Å². The predicted molar refractivity (Wildman–Crippen MR) is 95.1 cm³/mol. The van der Waals surface area contributed by atoms with E-state index in [0.717, 1.165) is 5.56 Å². The summed E-state index contributed by atoms with van der Waals surface area (Å²) in [6, 6.07) is 11.7. The molecular formula is C18H19N3O4. The van der Waals surface area contributed by atoms with Gasteiger partial charge in [0.15, 0.2) is 5.75 Å². The van der Waals surface area contributed by atoms with Crippen LogP contribution in [0.2, 0.25) is 0 Å². The highest BCUT2D eigenvalue weighted by atomic mass is 16.6. The van der Waals surface area contributed by atoms with Gasteiger partial charge in [-0.3, -0.25) is 14.9 Å². The van der Waals surface area contributed by atoms with Crippen LogP contribution in [0.3, 0.4) is 0 Å². The average Bonchev–Trinajstić information content (AvgIpc) is 2.60. The van der Waals surface area contributed by atoms with E-state index in [-0.39, 0.29) is 17.3 Å². The molecule has 0 bridgehead atoms. The molecule has 0 aliphatic heterocycles. The Morgan fingerprint density at radius 2 is 2.00 bits per heavy atom. The minimum Gasteiger partial charge on any atom is -0.487 e. The van der Waals surface area contributed by atoms with Gasteiger partial charge >= 0.3 is 5.69 Å². The summed E-state index contributed by atoms with van der Waals surface area (Å²) >= 11 is 0. The zero-order chi connectivity index (χ0) is 18.4. The summed E-state index contributed by atoms with van der Waals surface area (Å²) in [5, 5.41) is 15.2. The topological polar surface area (TPSA) is 93.8 Å². The maximum Gasteiger partial charge on any atom is 0.311 e. The van der Waals surface area contributed by atoms with Crippen molar-refractivity contribution >= 4 is 17.3 Å². The molecule has 1 N–H and O–H groups in total. The molecule has 0 aromatic heterocycles. The fraction of sp³-hybridized carbons (Fsp3) is 0.222. The third-order valence-corrected chi connectivity index (χ3v) is 3.59. The number of carbonyl (C=O) groups is 1. The van der Waals surface area contributed by atoms with E-state index < -0.39 is 4.92 Å². The molecule has 2 aromatic carbocycles. The maximum absolute atomic E-state index is 12.2. The molecule has 7 heteroatoms. The molecule has 7 nitrogen and oxygen atoms in total. The van der Waals surface area contributed by atoms with Gasteiger partial charge in [0, 0.05) is 17.2 Å². The van der Waals surface area contributed by atoms with E-state index in [1.54, 1.807) is 32.0 Å². The standard InChI is InChI=1S/C18H19N3O4/c1-4-25-17-10-9-14(11-16(17)21(23)24)13(3)19-20-18(22)15-8-6-5-7-12(15)2/h5-11H,4H2,1-3H3,(H,20,22)/b19-13-. The molecule has 0 heterocycles. The van der Waals surface area contributed by atoms with E-state index in [1.165, 1.54) is 12.1 Å². The first-order valence-electron chi connectivity index (χ1n) is 7.76. The number of amides is 1. The van der Waals surface area contributed by atoms with Crippen LogP contribution in [0.15, 0.2) is 47.6 Å². The Kier molecular flexibility index (Phi) is 5.84. The number of rotatable bonds is 6. The Balaban J connectivity index is 2.22. The monoisotopic (exact) mass is 341 g/mol. The van der Waals surface area contributed by atoms with Crippen molar-refractivity contribution in [1.29, 1.82) is 0 Å². The molecule has 0 fully saturated rings. The zero-order valence-corrected chi connectivity index (χ0v) is 14.3. The Bertz CT molecular complexity index is 831. The number of aryl methyl sites for hydroxylation is 1. The Morgan fingerprint density at radius 3 is 2.64 bits per heavy atom. The number of hydrogen-bond donors (Lipinski definition) is 1. The smallest absolute Gasteiger partial charge is 0.311 e. The van der Waals surface area contributed by atoms with Gasteiger partial charge in [-0.2, -0.15) is 5.10 Å². The number of nitro benzene ring substituents is 1. The summed E-state index contributed by atoms with van der Waals surface area (Å²) < 4.78 is 5.25. The van der Waals surface area contributed by atoms with Crippen molar-refractivity contribution in [1.82, 2.24) is 5.43 Å². The lowest BCUT2D eigenvalue weighted by molar-refractivity contribution is -0.385. The van der Waals surface area contributed by atoms with Gasteiger partial charge < -0.3 is 4.74 Å². The highest BCUT2D eigenvalue weighted by Crippen LogP contribution is 2.28. The summed E-state index contributed by atoms with van der Waals surface area (Å²) in [5.74, 6) is -0.133. The van der Waals surface area contributed by atoms with Crippen LogP contribution < -0.4 is 10.2 Å². The lowest BCUT2D eigenvalue weighted by Gasteiger charge is -2.07. The first kappa shape index (κ1) is 18.1. The molecule has 0 radical (unpaired) electrons. The molecule has 2 aromatic rings. The molecular weight excluding hydrogens is 322 g/mol. The molecule has 2 rings (SSSR count). The maximum atomic E-state index is 12.2. The summed E-state index contributed by atoms with van der Waals surface area (Å²) in [4.78, 5) is 22.8.